The van der Waals surface area contributed by atoms with E-state index in [4.69, 9.17) is 9.47 Å². The van der Waals surface area contributed by atoms with Crippen LogP contribution >= 0.6 is 11.3 Å². The first-order valence-corrected chi connectivity index (χ1v) is 14.2. The molecule has 36 heavy (non-hydrogen) atoms. The van der Waals surface area contributed by atoms with Gasteiger partial charge in [0.05, 0.1) is 18.7 Å². The SMILES string of the molecule is CC(C)CC(=O)N(CC(=O)N1CCc2sccc2[C@H]1COc1ccc(C(C)C)cc1)C[C@H]1CCCO1. The number of thiophene rings is 1. The Balaban J connectivity index is 1.47. The van der Waals surface area contributed by atoms with E-state index in [0.717, 1.165) is 37.2 Å². The lowest BCUT2D eigenvalue weighted by molar-refractivity contribution is -0.144. The molecular formula is C29H40N2O4S. The summed E-state index contributed by atoms with van der Waals surface area (Å²) in [4.78, 5) is 31.7. The van der Waals surface area contributed by atoms with Crippen molar-refractivity contribution in [1.82, 2.24) is 9.80 Å². The molecule has 1 aromatic carbocycles. The summed E-state index contributed by atoms with van der Waals surface area (Å²) in [5.74, 6) is 1.52. The Morgan fingerprint density at radius 1 is 1.17 bits per heavy atom. The Labute approximate surface area is 219 Å². The molecule has 2 aliphatic heterocycles. The van der Waals surface area contributed by atoms with Gasteiger partial charge in [0.1, 0.15) is 12.4 Å². The summed E-state index contributed by atoms with van der Waals surface area (Å²) in [6.45, 7) is 10.8. The molecule has 0 unspecified atom stereocenters. The van der Waals surface area contributed by atoms with E-state index in [-0.39, 0.29) is 36.4 Å². The van der Waals surface area contributed by atoms with Crippen molar-refractivity contribution in [2.24, 2.45) is 5.92 Å². The van der Waals surface area contributed by atoms with Crippen LogP contribution in [0.5, 0.6) is 5.75 Å². The van der Waals surface area contributed by atoms with Crippen molar-refractivity contribution >= 4 is 23.2 Å². The fourth-order valence-electron chi connectivity index (χ4n) is 5.02. The summed E-state index contributed by atoms with van der Waals surface area (Å²) in [7, 11) is 0. The first-order chi connectivity index (χ1) is 17.3. The van der Waals surface area contributed by atoms with Crippen LogP contribution in [0, 0.1) is 5.92 Å². The first kappa shape index (κ1) is 26.7. The number of ether oxygens (including phenoxy) is 2. The average Bonchev–Trinajstić information content (AvgIpc) is 3.54. The van der Waals surface area contributed by atoms with Crippen LogP contribution in [0.4, 0.5) is 0 Å². The predicted molar refractivity (Wildman–Crippen MR) is 144 cm³/mol. The number of hydrogen-bond acceptors (Lipinski definition) is 5. The van der Waals surface area contributed by atoms with Gasteiger partial charge >= 0.3 is 0 Å². The van der Waals surface area contributed by atoms with Crippen LogP contribution in [0.15, 0.2) is 35.7 Å². The monoisotopic (exact) mass is 512 g/mol. The highest BCUT2D eigenvalue weighted by atomic mass is 32.1. The van der Waals surface area contributed by atoms with Gasteiger partial charge in [0, 0.05) is 31.0 Å². The summed E-state index contributed by atoms with van der Waals surface area (Å²) in [5.41, 5.74) is 2.44. The third kappa shape index (κ3) is 6.68. The van der Waals surface area contributed by atoms with E-state index < -0.39 is 0 Å². The Bertz CT molecular complexity index is 1010. The highest BCUT2D eigenvalue weighted by molar-refractivity contribution is 7.10. The number of benzene rings is 1. The molecule has 2 aliphatic rings. The summed E-state index contributed by atoms with van der Waals surface area (Å²) in [5, 5.41) is 2.10. The highest BCUT2D eigenvalue weighted by Gasteiger charge is 2.34. The fourth-order valence-corrected chi connectivity index (χ4v) is 5.95. The van der Waals surface area contributed by atoms with Crippen molar-refractivity contribution in [3.05, 3.63) is 51.7 Å². The molecule has 2 atom stereocenters. The second-order valence-electron chi connectivity index (χ2n) is 10.7. The highest BCUT2D eigenvalue weighted by Crippen LogP contribution is 2.34. The third-order valence-corrected chi connectivity index (χ3v) is 8.08. The average molecular weight is 513 g/mol. The predicted octanol–water partition coefficient (Wildman–Crippen LogP) is 5.43. The smallest absolute Gasteiger partial charge is 0.242 e. The minimum Gasteiger partial charge on any atom is -0.491 e. The largest absolute Gasteiger partial charge is 0.491 e. The molecule has 0 saturated carbocycles. The van der Waals surface area contributed by atoms with Gasteiger partial charge in [-0.15, -0.1) is 11.3 Å². The lowest BCUT2D eigenvalue weighted by Gasteiger charge is -2.37. The van der Waals surface area contributed by atoms with E-state index in [1.807, 2.05) is 30.9 Å². The van der Waals surface area contributed by atoms with Crippen molar-refractivity contribution in [2.45, 2.75) is 71.4 Å². The molecule has 0 bridgehead atoms. The lowest BCUT2D eigenvalue weighted by Crippen LogP contribution is -2.49. The standard InChI is InChI=1S/C29H40N2O4S/c1-20(2)16-28(32)30(17-24-6-5-14-34-24)18-29(33)31-13-11-27-25(12-15-36-27)26(31)19-35-23-9-7-22(8-10-23)21(3)4/h7-10,12,15,20-21,24,26H,5-6,11,13-14,16-19H2,1-4H3/t24-,26-/m1/s1. The number of hydrogen-bond donors (Lipinski definition) is 0. The quantitative estimate of drug-likeness (QED) is 0.426. The van der Waals surface area contributed by atoms with Gasteiger partial charge in [0.15, 0.2) is 0 Å². The summed E-state index contributed by atoms with van der Waals surface area (Å²) < 4.78 is 12.0. The van der Waals surface area contributed by atoms with Crippen molar-refractivity contribution in [3.63, 3.8) is 0 Å². The third-order valence-electron chi connectivity index (χ3n) is 7.08. The van der Waals surface area contributed by atoms with E-state index in [9.17, 15) is 9.59 Å². The number of carbonyl (C=O) groups is 2. The van der Waals surface area contributed by atoms with Crippen LogP contribution in [-0.2, 0) is 20.7 Å². The normalized spacial score (nSPS) is 19.6. The number of nitrogens with zero attached hydrogens (tertiary/aromatic N) is 2. The molecule has 2 amide bonds. The lowest BCUT2D eigenvalue weighted by atomic mass is 10.00. The van der Waals surface area contributed by atoms with Gasteiger partial charge in [-0.3, -0.25) is 9.59 Å². The van der Waals surface area contributed by atoms with Gasteiger partial charge in [0.25, 0.3) is 0 Å². The van der Waals surface area contributed by atoms with E-state index in [0.29, 0.717) is 32.0 Å². The molecule has 196 valence electrons. The van der Waals surface area contributed by atoms with E-state index >= 15 is 0 Å². The zero-order chi connectivity index (χ0) is 25.7. The van der Waals surface area contributed by atoms with Crippen LogP contribution in [0.2, 0.25) is 0 Å². The molecule has 2 aromatic rings. The molecule has 0 radical (unpaired) electrons. The van der Waals surface area contributed by atoms with Crippen molar-refractivity contribution in [3.8, 4) is 5.75 Å². The van der Waals surface area contributed by atoms with Gasteiger partial charge in [-0.2, -0.15) is 0 Å². The summed E-state index contributed by atoms with van der Waals surface area (Å²) in [6, 6.07) is 10.2. The Kier molecular flexibility index (Phi) is 9.07. The van der Waals surface area contributed by atoms with E-state index in [1.54, 1.807) is 16.2 Å². The molecule has 3 heterocycles. The van der Waals surface area contributed by atoms with Crippen LogP contribution in [0.25, 0.3) is 0 Å². The molecular weight excluding hydrogens is 472 g/mol. The minimum absolute atomic E-state index is 0.0201. The molecule has 4 rings (SSSR count). The first-order valence-electron chi connectivity index (χ1n) is 13.3. The fraction of sp³-hybridized carbons (Fsp3) is 0.586. The second kappa shape index (κ2) is 12.2. The number of rotatable bonds is 10. The Morgan fingerprint density at radius 3 is 2.61 bits per heavy atom. The van der Waals surface area contributed by atoms with Gasteiger partial charge in [-0.1, -0.05) is 39.8 Å². The maximum atomic E-state index is 13.7. The van der Waals surface area contributed by atoms with Gasteiger partial charge in [0.2, 0.25) is 11.8 Å². The maximum Gasteiger partial charge on any atom is 0.242 e. The Morgan fingerprint density at radius 2 is 1.94 bits per heavy atom. The number of fused-ring (bicyclic) bond motifs is 1. The topological polar surface area (TPSA) is 59.1 Å². The van der Waals surface area contributed by atoms with Crippen LogP contribution < -0.4 is 4.74 Å². The Hall–Kier alpha value is -2.38. The van der Waals surface area contributed by atoms with Crippen LogP contribution in [-0.4, -0.2) is 60.6 Å². The van der Waals surface area contributed by atoms with E-state index in [1.165, 1.54) is 10.4 Å². The molecule has 1 fully saturated rings. The van der Waals surface area contributed by atoms with Gasteiger partial charge in [-0.05, 0) is 65.8 Å². The number of amides is 2. The van der Waals surface area contributed by atoms with Crippen molar-refractivity contribution < 1.29 is 19.1 Å². The van der Waals surface area contributed by atoms with Gasteiger partial charge < -0.3 is 19.3 Å². The molecule has 1 saturated heterocycles. The van der Waals surface area contributed by atoms with Crippen molar-refractivity contribution in [1.29, 1.82) is 0 Å². The number of carbonyl (C=O) groups excluding carboxylic acids is 2. The molecule has 1 aromatic heterocycles. The van der Waals surface area contributed by atoms with Crippen LogP contribution in [0.3, 0.4) is 0 Å². The maximum absolute atomic E-state index is 13.7. The zero-order valence-corrected chi connectivity index (χ0v) is 22.9. The zero-order valence-electron chi connectivity index (χ0n) is 22.1. The van der Waals surface area contributed by atoms with Gasteiger partial charge in [-0.25, -0.2) is 0 Å². The molecule has 0 spiro atoms. The molecule has 7 heteroatoms. The molecule has 0 aliphatic carbocycles. The van der Waals surface area contributed by atoms with E-state index in [2.05, 4.69) is 37.4 Å². The summed E-state index contributed by atoms with van der Waals surface area (Å²) >= 11 is 1.74. The second-order valence-corrected chi connectivity index (χ2v) is 11.7. The molecule has 6 nitrogen and oxygen atoms in total. The van der Waals surface area contributed by atoms with Crippen LogP contribution in [0.1, 0.15) is 74.9 Å². The molecule has 0 N–H and O–H groups in total. The minimum atomic E-state index is -0.165. The summed E-state index contributed by atoms with van der Waals surface area (Å²) in [6.07, 6.45) is 3.24. The van der Waals surface area contributed by atoms with Crippen molar-refractivity contribution in [2.75, 3.05) is 32.8 Å².